The first-order valence-electron chi connectivity index (χ1n) is 9.33. The number of hydrogen-bond donors (Lipinski definition) is 0. The van der Waals surface area contributed by atoms with E-state index in [0.717, 1.165) is 34.7 Å². The lowest BCUT2D eigenvalue weighted by Gasteiger charge is -2.18. The Morgan fingerprint density at radius 2 is 1.70 bits per heavy atom. The zero-order valence-corrected chi connectivity index (χ0v) is 14.9. The van der Waals surface area contributed by atoms with Crippen LogP contribution in [0.4, 0.5) is 0 Å². The molecule has 4 heteroatoms. The lowest BCUT2D eigenvalue weighted by molar-refractivity contribution is 0.0476. The molecule has 2 aliphatic heterocycles. The lowest BCUT2D eigenvalue weighted by Crippen LogP contribution is -2.36. The van der Waals surface area contributed by atoms with Crippen LogP contribution in [0, 0.1) is 0 Å². The molecule has 0 bridgehead atoms. The topological polar surface area (TPSA) is 46.6 Å². The van der Waals surface area contributed by atoms with Crippen molar-refractivity contribution in [1.82, 2.24) is 4.90 Å². The summed E-state index contributed by atoms with van der Waals surface area (Å²) in [6.45, 7) is 1.03. The van der Waals surface area contributed by atoms with E-state index >= 15 is 0 Å². The average Bonchev–Trinajstić information content (AvgIpc) is 3.30. The predicted octanol–water partition coefficient (Wildman–Crippen LogP) is 4.28. The molecule has 0 N–H and O–H groups in total. The zero-order chi connectivity index (χ0) is 18.4. The Morgan fingerprint density at radius 1 is 0.926 bits per heavy atom. The van der Waals surface area contributed by atoms with Crippen molar-refractivity contribution in [3.63, 3.8) is 0 Å². The van der Waals surface area contributed by atoms with Gasteiger partial charge in [-0.3, -0.25) is 14.5 Å². The highest BCUT2D eigenvalue weighted by Crippen LogP contribution is 2.39. The van der Waals surface area contributed by atoms with Crippen LogP contribution >= 0.6 is 0 Å². The van der Waals surface area contributed by atoms with Gasteiger partial charge in [0.15, 0.2) is 0 Å². The van der Waals surface area contributed by atoms with E-state index < -0.39 is 0 Å². The van der Waals surface area contributed by atoms with Crippen LogP contribution in [0.2, 0.25) is 0 Å². The Kier molecular flexibility index (Phi) is 3.80. The number of hydrogen-bond acceptors (Lipinski definition) is 3. The molecule has 0 saturated carbocycles. The molecule has 0 aliphatic carbocycles. The summed E-state index contributed by atoms with van der Waals surface area (Å²) in [4.78, 5) is 27.7. The van der Waals surface area contributed by atoms with Crippen molar-refractivity contribution in [3.8, 4) is 11.1 Å². The van der Waals surface area contributed by atoms with Crippen LogP contribution in [0.25, 0.3) is 21.9 Å². The fraction of sp³-hybridized carbons (Fsp3) is 0.217. The van der Waals surface area contributed by atoms with E-state index in [1.807, 2.05) is 60.7 Å². The van der Waals surface area contributed by atoms with Gasteiger partial charge in [0.1, 0.15) is 0 Å². The Morgan fingerprint density at radius 3 is 2.48 bits per heavy atom. The van der Waals surface area contributed by atoms with Crippen LogP contribution in [0.1, 0.15) is 33.6 Å². The molecule has 2 heterocycles. The highest BCUT2D eigenvalue weighted by atomic mass is 16.5. The van der Waals surface area contributed by atoms with E-state index in [2.05, 4.69) is 0 Å². The third-order valence-electron chi connectivity index (χ3n) is 5.46. The van der Waals surface area contributed by atoms with Gasteiger partial charge in [-0.25, -0.2) is 0 Å². The maximum absolute atomic E-state index is 13.3. The highest BCUT2D eigenvalue weighted by Gasteiger charge is 2.40. The number of rotatable bonds is 3. The summed E-state index contributed by atoms with van der Waals surface area (Å²) in [5, 5.41) is 1.96. The molecule has 134 valence electrons. The van der Waals surface area contributed by atoms with Gasteiger partial charge in [-0.1, -0.05) is 54.6 Å². The summed E-state index contributed by atoms with van der Waals surface area (Å²) in [6.07, 6.45) is 1.82. The van der Waals surface area contributed by atoms with Gasteiger partial charge in [-0.2, -0.15) is 0 Å². The molecule has 1 saturated heterocycles. The molecule has 27 heavy (non-hydrogen) atoms. The van der Waals surface area contributed by atoms with Crippen LogP contribution in [-0.2, 0) is 4.74 Å². The summed E-state index contributed by atoms with van der Waals surface area (Å²) in [7, 11) is 0. The molecule has 0 radical (unpaired) electrons. The molecule has 0 spiro atoms. The Balaban J connectivity index is 1.71. The van der Waals surface area contributed by atoms with Crippen molar-refractivity contribution >= 4 is 22.6 Å². The minimum Gasteiger partial charge on any atom is -0.376 e. The minimum atomic E-state index is -0.214. The lowest BCUT2D eigenvalue weighted by atomic mass is 9.90. The first-order valence-corrected chi connectivity index (χ1v) is 9.33. The smallest absolute Gasteiger partial charge is 0.262 e. The van der Waals surface area contributed by atoms with Crippen molar-refractivity contribution in [1.29, 1.82) is 0 Å². The predicted molar refractivity (Wildman–Crippen MR) is 104 cm³/mol. The largest absolute Gasteiger partial charge is 0.376 e. The molecule has 2 amide bonds. The summed E-state index contributed by atoms with van der Waals surface area (Å²) in [6, 6.07) is 19.6. The fourth-order valence-corrected chi connectivity index (χ4v) is 4.17. The molecular weight excluding hydrogens is 338 g/mol. The van der Waals surface area contributed by atoms with Crippen molar-refractivity contribution in [2.45, 2.75) is 18.9 Å². The third kappa shape index (κ3) is 2.56. The second kappa shape index (κ2) is 6.32. The number of benzene rings is 3. The van der Waals surface area contributed by atoms with Crippen molar-refractivity contribution in [2.75, 3.05) is 13.2 Å². The maximum atomic E-state index is 13.3. The quantitative estimate of drug-likeness (QED) is 0.657. The van der Waals surface area contributed by atoms with Gasteiger partial charge >= 0.3 is 0 Å². The number of ether oxygens (including phenoxy) is 1. The van der Waals surface area contributed by atoms with Crippen LogP contribution in [0.5, 0.6) is 0 Å². The molecular formula is C23H19NO3. The zero-order valence-electron chi connectivity index (χ0n) is 14.9. The van der Waals surface area contributed by atoms with E-state index in [0.29, 0.717) is 24.3 Å². The Labute approximate surface area is 157 Å². The average molecular weight is 357 g/mol. The highest BCUT2D eigenvalue weighted by molar-refractivity contribution is 6.27. The second-order valence-electron chi connectivity index (χ2n) is 7.12. The summed E-state index contributed by atoms with van der Waals surface area (Å²) in [5.41, 5.74) is 2.81. The van der Waals surface area contributed by atoms with E-state index in [4.69, 9.17) is 4.74 Å². The number of carbonyl (C=O) groups excluding carboxylic acids is 2. The normalized spacial score (nSPS) is 19.1. The van der Waals surface area contributed by atoms with Gasteiger partial charge in [0, 0.05) is 12.2 Å². The SMILES string of the molecule is O=C1c2cc3ccccc3c(-c3ccccc3)c2C(=O)N1CC1CCCO1. The van der Waals surface area contributed by atoms with Gasteiger partial charge in [0.05, 0.1) is 23.8 Å². The van der Waals surface area contributed by atoms with E-state index in [1.54, 1.807) is 0 Å². The van der Waals surface area contributed by atoms with Gasteiger partial charge < -0.3 is 4.74 Å². The van der Waals surface area contributed by atoms with Crippen LogP contribution < -0.4 is 0 Å². The third-order valence-corrected chi connectivity index (χ3v) is 5.46. The maximum Gasteiger partial charge on any atom is 0.262 e. The number of fused-ring (bicyclic) bond motifs is 2. The Bertz CT molecular complexity index is 1050. The Hall–Kier alpha value is -2.98. The van der Waals surface area contributed by atoms with Crippen LogP contribution in [-0.4, -0.2) is 36.0 Å². The van der Waals surface area contributed by atoms with Gasteiger partial charge in [-0.05, 0) is 35.2 Å². The first-order chi connectivity index (χ1) is 13.2. The number of carbonyl (C=O) groups is 2. The monoisotopic (exact) mass is 357 g/mol. The van der Waals surface area contributed by atoms with Crippen molar-refractivity contribution in [3.05, 3.63) is 71.8 Å². The summed E-state index contributed by atoms with van der Waals surface area (Å²) >= 11 is 0. The molecule has 2 aliphatic rings. The molecule has 3 aromatic rings. The van der Waals surface area contributed by atoms with Gasteiger partial charge in [0.2, 0.25) is 0 Å². The first kappa shape index (κ1) is 16.2. The summed E-state index contributed by atoms with van der Waals surface area (Å²) < 4.78 is 5.66. The molecule has 4 nitrogen and oxygen atoms in total. The number of nitrogens with zero attached hydrogens (tertiary/aromatic N) is 1. The van der Waals surface area contributed by atoms with E-state index in [-0.39, 0.29) is 17.9 Å². The van der Waals surface area contributed by atoms with Gasteiger partial charge in [-0.15, -0.1) is 0 Å². The van der Waals surface area contributed by atoms with E-state index in [9.17, 15) is 9.59 Å². The molecule has 1 fully saturated rings. The van der Waals surface area contributed by atoms with Gasteiger partial charge in [0.25, 0.3) is 11.8 Å². The molecule has 5 rings (SSSR count). The van der Waals surface area contributed by atoms with Crippen LogP contribution in [0.15, 0.2) is 60.7 Å². The second-order valence-corrected chi connectivity index (χ2v) is 7.12. The number of imide groups is 1. The minimum absolute atomic E-state index is 0.0539. The molecule has 3 aromatic carbocycles. The summed E-state index contributed by atoms with van der Waals surface area (Å²) in [5.74, 6) is -0.427. The van der Waals surface area contributed by atoms with Crippen molar-refractivity contribution in [2.24, 2.45) is 0 Å². The number of amides is 2. The molecule has 0 aromatic heterocycles. The van der Waals surface area contributed by atoms with E-state index in [1.165, 1.54) is 4.90 Å². The standard InChI is InChI=1S/C23H19NO3/c25-22-19-13-16-9-4-5-11-18(16)20(15-7-2-1-3-8-15)21(19)23(26)24(22)14-17-10-6-12-27-17/h1-5,7-9,11,13,17H,6,10,12,14H2. The molecule has 1 unspecified atom stereocenters. The fourth-order valence-electron chi connectivity index (χ4n) is 4.17. The van der Waals surface area contributed by atoms with Crippen molar-refractivity contribution < 1.29 is 14.3 Å². The molecule has 1 atom stereocenters. The van der Waals surface area contributed by atoms with Crippen LogP contribution in [0.3, 0.4) is 0 Å².